The Bertz CT molecular complexity index is 475. The van der Waals surface area contributed by atoms with Crippen LogP contribution in [0.3, 0.4) is 0 Å². The summed E-state index contributed by atoms with van der Waals surface area (Å²) in [4.78, 5) is 24.2. The molecule has 12 heteroatoms. The second kappa shape index (κ2) is 5.15. The van der Waals surface area contributed by atoms with Crippen molar-refractivity contribution in [3.05, 3.63) is 39.2 Å². The average molecular weight is 242 g/mol. The highest BCUT2D eigenvalue weighted by Crippen LogP contribution is 2.18. The fourth-order valence-corrected chi connectivity index (χ4v) is 0.745. The van der Waals surface area contributed by atoms with E-state index in [-0.39, 0.29) is 0 Å². The summed E-state index contributed by atoms with van der Waals surface area (Å²) in [5.74, 6) is 3.45. The molecular weight excluding hydrogens is 236 g/mol. The molecule has 3 N–H and O–H groups in total. The Kier molecular flexibility index (Phi) is 3.64. The number of nitrogen functional groups attached to an aromatic ring is 1. The number of nitro groups is 2. The van der Waals surface area contributed by atoms with Crippen LogP contribution in [-0.4, -0.2) is 25.0 Å². The molecule has 2 aromatic heterocycles. The maximum absolute atomic E-state index is 9.99. The van der Waals surface area contributed by atoms with Crippen LogP contribution in [0, 0.1) is 20.2 Å². The molecule has 0 atom stereocenters. The first-order valence-electron chi connectivity index (χ1n) is 3.94. The van der Waals surface area contributed by atoms with Crippen LogP contribution in [0.5, 0.6) is 0 Å². The van der Waals surface area contributed by atoms with Gasteiger partial charge in [0.25, 0.3) is 6.33 Å². The third kappa shape index (κ3) is 3.22. The summed E-state index contributed by atoms with van der Waals surface area (Å²) in [6.45, 7) is 0. The van der Waals surface area contributed by atoms with Crippen molar-refractivity contribution >= 4 is 11.6 Å². The SMILES string of the molecule is N[n+]1cn[nH]c1.O=[N+]([O-])c1nc[n-]c1[N+](=O)[O-]. The van der Waals surface area contributed by atoms with E-state index < -0.39 is 21.5 Å². The van der Waals surface area contributed by atoms with Gasteiger partial charge < -0.3 is 20.2 Å². The van der Waals surface area contributed by atoms with E-state index in [1.54, 1.807) is 6.33 Å². The third-order valence-electron chi connectivity index (χ3n) is 1.38. The van der Waals surface area contributed by atoms with Crippen molar-refractivity contribution in [3.8, 4) is 0 Å². The highest BCUT2D eigenvalue weighted by Gasteiger charge is 2.12. The molecule has 0 fully saturated rings. The Morgan fingerprint density at radius 1 is 1.41 bits per heavy atom. The third-order valence-corrected chi connectivity index (χ3v) is 1.38. The zero-order valence-corrected chi connectivity index (χ0v) is 8.13. The molecule has 17 heavy (non-hydrogen) atoms. The summed E-state index contributed by atoms with van der Waals surface area (Å²) in [5.41, 5.74) is 0. The lowest BCUT2D eigenvalue weighted by Crippen LogP contribution is -2.41. The van der Waals surface area contributed by atoms with Crippen LogP contribution in [0.1, 0.15) is 0 Å². The Morgan fingerprint density at radius 2 is 2.12 bits per heavy atom. The van der Waals surface area contributed by atoms with Gasteiger partial charge in [-0.2, -0.15) is 9.91 Å². The van der Waals surface area contributed by atoms with E-state index in [0.29, 0.717) is 0 Å². The van der Waals surface area contributed by atoms with Crippen LogP contribution in [0.2, 0.25) is 0 Å². The van der Waals surface area contributed by atoms with Gasteiger partial charge in [-0.15, -0.1) is 9.77 Å². The fraction of sp³-hybridized carbons (Fsp3) is 0. The molecule has 0 bridgehead atoms. The van der Waals surface area contributed by atoms with Crippen LogP contribution in [0.15, 0.2) is 19.0 Å². The van der Waals surface area contributed by atoms with Crippen molar-refractivity contribution in [2.45, 2.75) is 0 Å². The first-order valence-corrected chi connectivity index (χ1v) is 3.94. The Balaban J connectivity index is 0.000000202. The van der Waals surface area contributed by atoms with Gasteiger partial charge in [-0.25, -0.2) is 4.98 Å². The van der Waals surface area contributed by atoms with Crippen LogP contribution in [0.25, 0.3) is 0 Å². The van der Waals surface area contributed by atoms with Crippen LogP contribution < -0.4 is 15.5 Å². The number of imidazole rings is 1. The van der Waals surface area contributed by atoms with E-state index in [1.807, 2.05) is 0 Å². The molecule has 2 heterocycles. The van der Waals surface area contributed by atoms with Gasteiger partial charge >= 0.3 is 5.82 Å². The zero-order chi connectivity index (χ0) is 12.8. The second-order valence-electron chi connectivity index (χ2n) is 2.49. The van der Waals surface area contributed by atoms with E-state index in [4.69, 9.17) is 5.84 Å². The lowest BCUT2D eigenvalue weighted by Gasteiger charge is -2.00. The van der Waals surface area contributed by atoms with Crippen molar-refractivity contribution < 1.29 is 14.5 Å². The summed E-state index contributed by atoms with van der Waals surface area (Å²) >= 11 is 0. The number of nitrogens with one attached hydrogen (secondary N) is 1. The number of hydrogen-bond donors (Lipinski definition) is 2. The summed E-state index contributed by atoms with van der Waals surface area (Å²) in [7, 11) is 0. The molecule has 0 aliphatic rings. The van der Waals surface area contributed by atoms with Crippen molar-refractivity contribution in [1.82, 2.24) is 20.2 Å². The van der Waals surface area contributed by atoms with E-state index >= 15 is 0 Å². The molecule has 12 nitrogen and oxygen atoms in total. The Hall–Kier alpha value is -3.05. The van der Waals surface area contributed by atoms with Crippen molar-refractivity contribution in [2.24, 2.45) is 0 Å². The van der Waals surface area contributed by atoms with Crippen molar-refractivity contribution in [2.75, 3.05) is 5.84 Å². The van der Waals surface area contributed by atoms with Gasteiger partial charge in [-0.05, 0) is 4.92 Å². The van der Waals surface area contributed by atoms with Crippen LogP contribution in [0.4, 0.5) is 11.6 Å². The molecule has 0 spiro atoms. The topological polar surface area (TPSA) is 172 Å². The maximum Gasteiger partial charge on any atom is 0.308 e. The molecular formula is C5H6N8O4. The minimum Gasteiger partial charge on any atom is -0.459 e. The van der Waals surface area contributed by atoms with Crippen LogP contribution in [-0.2, 0) is 0 Å². The minimum atomic E-state index is -0.953. The summed E-state index contributed by atoms with van der Waals surface area (Å²) in [5, 5.41) is 26.0. The predicted octanol–water partition coefficient (Wildman–Crippen LogP) is -1.73. The zero-order valence-electron chi connectivity index (χ0n) is 8.13. The molecule has 0 saturated heterocycles. The van der Waals surface area contributed by atoms with Gasteiger partial charge in [0.05, 0.1) is 0 Å². The molecule has 2 rings (SSSR count). The van der Waals surface area contributed by atoms with Gasteiger partial charge in [0.15, 0.2) is 0 Å². The number of rotatable bonds is 2. The number of H-pyrrole nitrogens is 1. The smallest absolute Gasteiger partial charge is 0.308 e. The number of hydrogen-bond acceptors (Lipinski definition) is 7. The van der Waals surface area contributed by atoms with Gasteiger partial charge in [0, 0.05) is 5.10 Å². The first kappa shape index (κ1) is 12.0. The van der Waals surface area contributed by atoms with Crippen molar-refractivity contribution in [1.29, 1.82) is 0 Å². The normalized spacial score (nSPS) is 9.18. The average Bonchev–Trinajstić information content (AvgIpc) is 2.87. The van der Waals surface area contributed by atoms with Gasteiger partial charge in [-0.1, -0.05) is 0 Å². The lowest BCUT2D eigenvalue weighted by atomic mass is 10.7. The molecule has 90 valence electrons. The van der Waals surface area contributed by atoms with E-state index in [0.717, 1.165) is 6.33 Å². The Morgan fingerprint density at radius 3 is 2.41 bits per heavy atom. The van der Waals surface area contributed by atoms with Gasteiger partial charge in [0.2, 0.25) is 12.1 Å². The molecule has 0 aliphatic heterocycles. The highest BCUT2D eigenvalue weighted by molar-refractivity contribution is 5.38. The second-order valence-corrected chi connectivity index (χ2v) is 2.49. The molecule has 0 radical (unpaired) electrons. The van der Waals surface area contributed by atoms with Crippen molar-refractivity contribution in [3.63, 3.8) is 0 Å². The van der Waals surface area contributed by atoms with Gasteiger partial charge in [-0.3, -0.25) is 5.84 Å². The predicted molar refractivity (Wildman–Crippen MR) is 49.8 cm³/mol. The largest absolute Gasteiger partial charge is 0.459 e. The summed E-state index contributed by atoms with van der Waals surface area (Å²) in [6, 6.07) is 0. The molecule has 0 amide bonds. The molecule has 2 aromatic rings. The monoisotopic (exact) mass is 242 g/mol. The Labute approximate surface area is 92.4 Å². The summed E-state index contributed by atoms with van der Waals surface area (Å²) in [6.07, 6.45) is 3.79. The molecule has 0 saturated carbocycles. The van der Waals surface area contributed by atoms with Gasteiger partial charge in [0.1, 0.15) is 6.33 Å². The maximum atomic E-state index is 9.99. The molecule has 0 unspecified atom stereocenters. The first-order chi connectivity index (χ1) is 8.02. The quantitative estimate of drug-likeness (QED) is 0.270. The number of nitrogens with two attached hydrogens (primary N) is 1. The molecule has 0 aliphatic carbocycles. The van der Waals surface area contributed by atoms with E-state index in [1.165, 1.54) is 11.0 Å². The number of aromatic nitrogens is 5. The minimum absolute atomic E-state index is 0.774. The lowest BCUT2D eigenvalue weighted by molar-refractivity contribution is -0.638. The van der Waals surface area contributed by atoms with Crippen LogP contribution >= 0.6 is 0 Å². The fourth-order valence-electron chi connectivity index (χ4n) is 0.745. The number of aromatic amines is 1. The van der Waals surface area contributed by atoms with E-state index in [9.17, 15) is 20.2 Å². The number of nitrogens with zero attached hydrogens (tertiary/aromatic N) is 6. The highest BCUT2D eigenvalue weighted by atomic mass is 16.6. The summed E-state index contributed by atoms with van der Waals surface area (Å²) < 4.78 is 1.33. The standard InChI is InChI=1S/C3HN4O4.C2H4N4/c8-6(9)2-3(7(10)11)5-1-4-2;3-6-1-4-5-2-6/h1H;1-2H,3H2/q-1;/p+1. The van der Waals surface area contributed by atoms with E-state index in [2.05, 4.69) is 20.2 Å². The molecule has 0 aromatic carbocycles.